The van der Waals surface area contributed by atoms with Crippen LogP contribution in [0.4, 0.5) is 5.69 Å². The van der Waals surface area contributed by atoms with Crippen molar-refractivity contribution < 1.29 is 4.79 Å². The van der Waals surface area contributed by atoms with Crippen LogP contribution in [0.5, 0.6) is 0 Å². The minimum atomic E-state index is -0.00236. The summed E-state index contributed by atoms with van der Waals surface area (Å²) in [4.78, 5) is 14.8. The molecule has 86 valence electrons. The van der Waals surface area contributed by atoms with Crippen molar-refractivity contribution in [1.29, 1.82) is 0 Å². The first kappa shape index (κ1) is 10.4. The van der Waals surface area contributed by atoms with Crippen LogP contribution in [0, 0.1) is 0 Å². The fourth-order valence-electron chi connectivity index (χ4n) is 2.26. The Bertz CT molecular complexity index is 553. The number of para-hydroxylation sites is 1. The Morgan fingerprint density at radius 2 is 2.29 bits per heavy atom. The van der Waals surface area contributed by atoms with Crippen LogP contribution < -0.4 is 4.90 Å². The topological polar surface area (TPSA) is 46.1 Å². The number of carbonyl (C=O) groups excluding carboxylic acids is 1. The predicted octanol–water partition coefficient (Wildman–Crippen LogP) is 2.13. The Hall–Kier alpha value is -1.75. The Morgan fingerprint density at radius 1 is 1.47 bits per heavy atom. The largest absolute Gasteiger partial charge is 0.304 e. The Labute approximate surface area is 103 Å². The van der Waals surface area contributed by atoms with Gasteiger partial charge >= 0.3 is 0 Å². The van der Waals surface area contributed by atoms with E-state index in [4.69, 9.17) is 0 Å². The lowest BCUT2D eigenvalue weighted by Crippen LogP contribution is -2.35. The molecular weight excluding hydrogens is 234 g/mol. The summed E-state index contributed by atoms with van der Waals surface area (Å²) in [5.74, 6) is -0.00236. The fraction of sp³-hybridized carbons (Fsp3) is 0.250. The molecule has 2 aromatic rings. The van der Waals surface area contributed by atoms with E-state index >= 15 is 0 Å². The normalized spacial score (nSPS) is 18.2. The van der Waals surface area contributed by atoms with Gasteiger partial charge in [0, 0.05) is 11.7 Å². The van der Waals surface area contributed by atoms with E-state index in [9.17, 15) is 4.79 Å². The average molecular weight is 245 g/mol. The number of aromatic nitrogens is 2. The number of rotatable bonds is 1. The van der Waals surface area contributed by atoms with Gasteiger partial charge < -0.3 is 4.90 Å². The summed E-state index contributed by atoms with van der Waals surface area (Å²) in [5, 5.41) is 3.72. The smallest absolute Gasteiger partial charge is 0.271 e. The third-order valence-electron chi connectivity index (χ3n) is 3.00. The van der Waals surface area contributed by atoms with Crippen molar-refractivity contribution in [1.82, 2.24) is 9.59 Å². The highest BCUT2D eigenvalue weighted by Crippen LogP contribution is 2.33. The Kier molecular flexibility index (Phi) is 2.40. The molecule has 1 aliphatic rings. The second kappa shape index (κ2) is 3.92. The molecule has 1 aromatic heterocycles. The molecule has 0 N–H and O–H groups in total. The molecule has 17 heavy (non-hydrogen) atoms. The van der Waals surface area contributed by atoms with E-state index in [1.807, 2.05) is 23.1 Å². The summed E-state index contributed by atoms with van der Waals surface area (Å²) in [6.45, 7) is 2.06. The SMILES string of the molecule is C[C@@H]1Cc2ccccc2N1C(=O)c1cnns1. The number of carbonyl (C=O) groups is 1. The molecule has 0 bridgehead atoms. The molecule has 1 amide bonds. The van der Waals surface area contributed by atoms with Gasteiger partial charge in [0.15, 0.2) is 0 Å². The van der Waals surface area contributed by atoms with Crippen molar-refractivity contribution in [3.8, 4) is 0 Å². The second-order valence-electron chi connectivity index (χ2n) is 4.14. The van der Waals surface area contributed by atoms with E-state index in [0.717, 1.165) is 23.6 Å². The van der Waals surface area contributed by atoms with Crippen molar-refractivity contribution in [2.45, 2.75) is 19.4 Å². The van der Waals surface area contributed by atoms with Crippen LogP contribution in [0.3, 0.4) is 0 Å². The second-order valence-corrected chi connectivity index (χ2v) is 4.92. The summed E-state index contributed by atoms with van der Waals surface area (Å²) in [6, 6.07) is 8.23. The molecule has 0 aliphatic carbocycles. The minimum absolute atomic E-state index is 0.00236. The summed E-state index contributed by atoms with van der Waals surface area (Å²) in [5.41, 5.74) is 2.24. The number of hydrogen-bond acceptors (Lipinski definition) is 4. The Balaban J connectivity index is 2.01. The summed E-state index contributed by atoms with van der Waals surface area (Å²) >= 11 is 1.14. The van der Waals surface area contributed by atoms with Crippen LogP contribution in [0.15, 0.2) is 30.5 Å². The van der Waals surface area contributed by atoms with E-state index in [1.165, 1.54) is 11.8 Å². The highest BCUT2D eigenvalue weighted by molar-refractivity contribution is 7.07. The molecule has 0 spiro atoms. The zero-order chi connectivity index (χ0) is 11.8. The molecule has 4 nitrogen and oxygen atoms in total. The quantitative estimate of drug-likeness (QED) is 0.773. The van der Waals surface area contributed by atoms with Gasteiger partial charge in [0.2, 0.25) is 0 Å². The van der Waals surface area contributed by atoms with Crippen molar-refractivity contribution in [2.24, 2.45) is 0 Å². The van der Waals surface area contributed by atoms with Gasteiger partial charge in [-0.05, 0) is 36.5 Å². The van der Waals surface area contributed by atoms with Gasteiger partial charge in [-0.3, -0.25) is 4.79 Å². The van der Waals surface area contributed by atoms with Crippen LogP contribution in [0.1, 0.15) is 22.2 Å². The van der Waals surface area contributed by atoms with E-state index in [0.29, 0.717) is 4.88 Å². The van der Waals surface area contributed by atoms with E-state index in [2.05, 4.69) is 22.6 Å². The fourth-order valence-corrected chi connectivity index (χ4v) is 2.71. The number of anilines is 1. The number of nitrogens with zero attached hydrogens (tertiary/aromatic N) is 3. The first-order valence-electron chi connectivity index (χ1n) is 5.46. The van der Waals surface area contributed by atoms with Crippen molar-refractivity contribution in [3.63, 3.8) is 0 Å². The molecule has 0 saturated heterocycles. The maximum Gasteiger partial charge on any atom is 0.271 e. The average Bonchev–Trinajstić information content (AvgIpc) is 2.94. The van der Waals surface area contributed by atoms with Crippen LogP contribution in [0.2, 0.25) is 0 Å². The summed E-state index contributed by atoms with van der Waals surface area (Å²) < 4.78 is 3.74. The highest BCUT2D eigenvalue weighted by Gasteiger charge is 2.31. The van der Waals surface area contributed by atoms with Crippen LogP contribution in [0.25, 0.3) is 0 Å². The lowest BCUT2D eigenvalue weighted by atomic mass is 10.1. The molecule has 1 aliphatic heterocycles. The van der Waals surface area contributed by atoms with E-state index in [-0.39, 0.29) is 11.9 Å². The van der Waals surface area contributed by atoms with Crippen LogP contribution >= 0.6 is 11.5 Å². The van der Waals surface area contributed by atoms with Gasteiger partial charge in [-0.15, -0.1) is 5.10 Å². The lowest BCUT2D eigenvalue weighted by Gasteiger charge is -2.21. The molecule has 5 heteroatoms. The first-order chi connectivity index (χ1) is 8.27. The highest BCUT2D eigenvalue weighted by atomic mass is 32.1. The van der Waals surface area contributed by atoms with Gasteiger partial charge in [-0.1, -0.05) is 22.7 Å². The zero-order valence-electron chi connectivity index (χ0n) is 9.33. The maximum atomic E-state index is 12.3. The molecule has 0 saturated carbocycles. The van der Waals surface area contributed by atoms with Crippen molar-refractivity contribution >= 4 is 23.1 Å². The number of fused-ring (bicyclic) bond motifs is 1. The molecule has 1 aromatic carbocycles. The first-order valence-corrected chi connectivity index (χ1v) is 6.23. The molecule has 0 unspecified atom stereocenters. The maximum absolute atomic E-state index is 12.3. The number of benzene rings is 1. The molecule has 2 heterocycles. The zero-order valence-corrected chi connectivity index (χ0v) is 10.1. The van der Waals surface area contributed by atoms with Crippen molar-refractivity contribution in [3.05, 3.63) is 40.9 Å². The standard InChI is InChI=1S/C12H11N3OS/c1-8-6-9-4-2-3-5-10(9)15(8)12(16)11-7-13-14-17-11/h2-5,7-8H,6H2,1H3/t8-/m1/s1. The predicted molar refractivity (Wildman–Crippen MR) is 66.3 cm³/mol. The van der Waals surface area contributed by atoms with Gasteiger partial charge in [0.1, 0.15) is 4.88 Å². The van der Waals surface area contributed by atoms with Gasteiger partial charge in [-0.2, -0.15) is 0 Å². The molecule has 3 rings (SSSR count). The van der Waals surface area contributed by atoms with Gasteiger partial charge in [-0.25, -0.2) is 0 Å². The van der Waals surface area contributed by atoms with E-state index < -0.39 is 0 Å². The number of amides is 1. The van der Waals surface area contributed by atoms with E-state index in [1.54, 1.807) is 0 Å². The third kappa shape index (κ3) is 1.63. The van der Waals surface area contributed by atoms with Gasteiger partial charge in [0.05, 0.1) is 6.20 Å². The lowest BCUT2D eigenvalue weighted by molar-refractivity contribution is 0.0985. The Morgan fingerprint density at radius 3 is 3.06 bits per heavy atom. The molecular formula is C12H11N3OS. The van der Waals surface area contributed by atoms with Crippen LogP contribution in [-0.4, -0.2) is 21.5 Å². The summed E-state index contributed by atoms with van der Waals surface area (Å²) in [6.07, 6.45) is 2.44. The van der Waals surface area contributed by atoms with Crippen molar-refractivity contribution in [2.75, 3.05) is 4.90 Å². The minimum Gasteiger partial charge on any atom is -0.304 e. The van der Waals surface area contributed by atoms with Crippen LogP contribution in [-0.2, 0) is 6.42 Å². The number of hydrogen-bond donors (Lipinski definition) is 0. The summed E-state index contributed by atoms with van der Waals surface area (Å²) in [7, 11) is 0. The van der Waals surface area contributed by atoms with Gasteiger partial charge in [0.25, 0.3) is 5.91 Å². The molecule has 0 fully saturated rings. The molecule has 1 atom stereocenters. The monoisotopic (exact) mass is 245 g/mol. The molecule has 0 radical (unpaired) electrons. The third-order valence-corrected chi connectivity index (χ3v) is 3.65.